The quantitative estimate of drug-likeness (QED) is 0.372. The van der Waals surface area contributed by atoms with Gasteiger partial charge < -0.3 is 15.5 Å². The Morgan fingerprint density at radius 3 is 2.14 bits per heavy atom. The number of alkyl halides is 3. The van der Waals surface area contributed by atoms with Gasteiger partial charge in [0.15, 0.2) is 0 Å². The highest BCUT2D eigenvalue weighted by atomic mass is 19.4. The van der Waals surface area contributed by atoms with Crippen LogP contribution in [0.1, 0.15) is 31.8 Å². The van der Waals surface area contributed by atoms with Crippen molar-refractivity contribution in [3.8, 4) is 0 Å². The lowest BCUT2D eigenvalue weighted by Gasteiger charge is -2.26. The molecule has 1 aliphatic rings. The molecule has 3 N–H and O–H groups in total. The van der Waals surface area contributed by atoms with E-state index < -0.39 is 23.8 Å². The van der Waals surface area contributed by atoms with E-state index in [9.17, 15) is 27.6 Å². The summed E-state index contributed by atoms with van der Waals surface area (Å²) in [7, 11) is 0. The van der Waals surface area contributed by atoms with Crippen LogP contribution in [0.25, 0.3) is 0 Å². The maximum absolute atomic E-state index is 13.3. The summed E-state index contributed by atoms with van der Waals surface area (Å²) in [5.41, 5.74) is 2.53. The highest BCUT2D eigenvalue weighted by molar-refractivity contribution is 6.09. The lowest BCUT2D eigenvalue weighted by atomic mass is 10.1. The van der Waals surface area contributed by atoms with Gasteiger partial charge in [-0.2, -0.15) is 13.2 Å². The molecule has 1 unspecified atom stereocenters. The number of halogens is 3. The molecule has 184 valence electrons. The fourth-order valence-electron chi connectivity index (χ4n) is 3.98. The zero-order valence-corrected chi connectivity index (χ0v) is 18.8. The third kappa shape index (κ3) is 5.27. The Morgan fingerprint density at radius 2 is 1.47 bits per heavy atom. The van der Waals surface area contributed by atoms with E-state index in [1.165, 1.54) is 29.6 Å². The Balaban J connectivity index is 1.43. The molecule has 4 rings (SSSR count). The Labute approximate surface area is 204 Å². The van der Waals surface area contributed by atoms with Gasteiger partial charge in [-0.1, -0.05) is 48.5 Å². The molecule has 0 aliphatic carbocycles. The summed E-state index contributed by atoms with van der Waals surface area (Å²) in [6.07, 6.45) is -4.55. The number of fused-ring (bicyclic) bond motifs is 1. The third-order valence-corrected chi connectivity index (χ3v) is 5.74. The van der Waals surface area contributed by atoms with Gasteiger partial charge in [-0.3, -0.25) is 19.8 Å². The van der Waals surface area contributed by atoms with Gasteiger partial charge in [0, 0.05) is 28.9 Å². The van der Waals surface area contributed by atoms with Gasteiger partial charge >= 0.3 is 12.1 Å². The highest BCUT2D eigenvalue weighted by Crippen LogP contribution is 2.33. The molecule has 0 spiro atoms. The van der Waals surface area contributed by atoms with Gasteiger partial charge in [-0.05, 0) is 42.3 Å². The van der Waals surface area contributed by atoms with Gasteiger partial charge in [-0.15, -0.1) is 0 Å². The molecule has 0 radical (unpaired) electrons. The van der Waals surface area contributed by atoms with Crippen molar-refractivity contribution >= 4 is 29.2 Å². The van der Waals surface area contributed by atoms with Gasteiger partial charge in [0.25, 0.3) is 11.8 Å². The number of nitrogens with zero attached hydrogens (tertiary/aromatic N) is 1. The minimum absolute atomic E-state index is 0.00928. The van der Waals surface area contributed by atoms with Gasteiger partial charge in [0.2, 0.25) is 0 Å². The second-order valence-corrected chi connectivity index (χ2v) is 8.14. The Hall–Kier alpha value is -4.47. The predicted octanol–water partition coefficient (Wildman–Crippen LogP) is 3.69. The number of amides is 3. The second kappa shape index (κ2) is 10.0. The average molecular weight is 494 g/mol. The molecule has 3 amide bonds. The molecule has 3 aromatic carbocycles. The van der Waals surface area contributed by atoms with Crippen LogP contribution in [-0.4, -0.2) is 42.3 Å². The first-order chi connectivity index (χ1) is 17.1. The number of carbonyl (C=O) groups excluding carboxylic acids is 3. The van der Waals surface area contributed by atoms with Crippen molar-refractivity contribution in [2.75, 3.05) is 11.4 Å². The number of hydrogen-bond donors (Lipinski definition) is 3. The first-order valence-electron chi connectivity index (χ1n) is 11.0. The van der Waals surface area contributed by atoms with Crippen molar-refractivity contribution in [3.05, 3.63) is 101 Å². The summed E-state index contributed by atoms with van der Waals surface area (Å²) in [5.74, 6) is -3.61. The number of amidine groups is 1. The standard InChI is InChI=1S/C26H21F3N4O3/c27-26(28,29)25(36)32-22(30)16-10-12-17(13-11-16)23(34)31-15-20-14-19-8-4-5-9-21(19)33(20)24(35)18-6-2-1-3-7-18/h1-13,20H,14-15H2,(H,31,34)(H2,30,32,36). The number of anilines is 1. The monoisotopic (exact) mass is 494 g/mol. The van der Waals surface area contributed by atoms with Crippen molar-refractivity contribution in [2.24, 2.45) is 0 Å². The Kier molecular flexibility index (Phi) is 6.86. The first-order valence-corrected chi connectivity index (χ1v) is 11.0. The topological polar surface area (TPSA) is 102 Å². The van der Waals surface area contributed by atoms with Crippen LogP contribution in [-0.2, 0) is 11.2 Å². The third-order valence-electron chi connectivity index (χ3n) is 5.74. The molecule has 0 aromatic heterocycles. The lowest BCUT2D eigenvalue weighted by Crippen LogP contribution is -2.45. The van der Waals surface area contributed by atoms with E-state index in [2.05, 4.69) is 5.32 Å². The zero-order chi connectivity index (χ0) is 25.9. The van der Waals surface area contributed by atoms with Gasteiger partial charge in [0.1, 0.15) is 5.84 Å². The maximum Gasteiger partial charge on any atom is 0.471 e. The molecule has 3 aromatic rings. The number of carbonyl (C=O) groups is 3. The molecule has 10 heteroatoms. The highest BCUT2D eigenvalue weighted by Gasteiger charge is 2.39. The molecule has 1 aliphatic heterocycles. The lowest BCUT2D eigenvalue weighted by molar-refractivity contribution is -0.171. The first kappa shape index (κ1) is 24.6. The Morgan fingerprint density at radius 1 is 0.861 bits per heavy atom. The zero-order valence-electron chi connectivity index (χ0n) is 18.8. The number of rotatable bonds is 5. The van der Waals surface area contributed by atoms with Crippen molar-refractivity contribution in [3.63, 3.8) is 0 Å². The molecule has 7 nitrogen and oxygen atoms in total. The number of benzene rings is 3. The number of hydrogen-bond acceptors (Lipinski definition) is 4. The molecular weight excluding hydrogens is 473 g/mol. The van der Waals surface area contributed by atoms with Crippen LogP contribution in [0.5, 0.6) is 0 Å². The van der Waals surface area contributed by atoms with E-state index in [-0.39, 0.29) is 29.6 Å². The van der Waals surface area contributed by atoms with Gasteiger partial charge in [-0.25, -0.2) is 0 Å². The molecular formula is C26H21F3N4O3. The van der Waals surface area contributed by atoms with Crippen molar-refractivity contribution in [1.82, 2.24) is 10.6 Å². The van der Waals surface area contributed by atoms with Crippen LogP contribution in [0.4, 0.5) is 18.9 Å². The van der Waals surface area contributed by atoms with E-state index in [1.807, 2.05) is 30.3 Å². The van der Waals surface area contributed by atoms with E-state index >= 15 is 0 Å². The van der Waals surface area contributed by atoms with E-state index in [1.54, 1.807) is 29.2 Å². The largest absolute Gasteiger partial charge is 0.471 e. The summed E-state index contributed by atoms with van der Waals surface area (Å²) in [6, 6.07) is 21.3. The minimum atomic E-state index is -5.11. The maximum atomic E-state index is 13.3. The van der Waals surface area contributed by atoms with E-state index in [4.69, 9.17) is 5.41 Å². The minimum Gasteiger partial charge on any atom is -0.350 e. The molecule has 0 fully saturated rings. The number of para-hydroxylation sites is 1. The van der Waals surface area contributed by atoms with Crippen LogP contribution < -0.4 is 15.5 Å². The molecule has 0 saturated heterocycles. The van der Waals surface area contributed by atoms with Crippen LogP contribution in [0.2, 0.25) is 0 Å². The fourth-order valence-corrected chi connectivity index (χ4v) is 3.98. The van der Waals surface area contributed by atoms with E-state index in [0.29, 0.717) is 12.0 Å². The summed E-state index contributed by atoms with van der Waals surface area (Å²) in [6.45, 7) is 0.172. The van der Waals surface area contributed by atoms with Crippen molar-refractivity contribution in [2.45, 2.75) is 18.6 Å². The van der Waals surface area contributed by atoms with Crippen LogP contribution in [0, 0.1) is 5.41 Å². The molecule has 0 saturated carbocycles. The van der Waals surface area contributed by atoms with Crippen molar-refractivity contribution in [1.29, 1.82) is 5.41 Å². The van der Waals surface area contributed by atoms with Crippen molar-refractivity contribution < 1.29 is 27.6 Å². The smallest absolute Gasteiger partial charge is 0.350 e. The second-order valence-electron chi connectivity index (χ2n) is 8.14. The normalized spacial score (nSPS) is 14.6. The van der Waals surface area contributed by atoms with E-state index in [0.717, 1.165) is 11.3 Å². The summed E-state index contributed by atoms with van der Waals surface area (Å²) in [5, 5.41) is 11.9. The fraction of sp³-hybridized carbons (Fsp3) is 0.154. The average Bonchev–Trinajstić information content (AvgIpc) is 3.25. The van der Waals surface area contributed by atoms with Crippen LogP contribution in [0.15, 0.2) is 78.9 Å². The van der Waals surface area contributed by atoms with Crippen LogP contribution >= 0.6 is 0 Å². The molecule has 36 heavy (non-hydrogen) atoms. The SMILES string of the molecule is N=C(NC(=O)C(F)(F)F)c1ccc(C(=O)NCC2Cc3ccccc3N2C(=O)c2ccccc2)cc1. The molecule has 0 bridgehead atoms. The van der Waals surface area contributed by atoms with Gasteiger partial charge in [0.05, 0.1) is 6.04 Å². The summed E-state index contributed by atoms with van der Waals surface area (Å²) < 4.78 is 37.1. The Bertz CT molecular complexity index is 1310. The van der Waals surface area contributed by atoms with Crippen LogP contribution in [0.3, 0.4) is 0 Å². The summed E-state index contributed by atoms with van der Waals surface area (Å²) >= 11 is 0. The predicted molar refractivity (Wildman–Crippen MR) is 127 cm³/mol. The summed E-state index contributed by atoms with van der Waals surface area (Å²) in [4.78, 5) is 38.7. The molecule has 1 atom stereocenters. The molecule has 1 heterocycles. The number of nitrogens with one attached hydrogen (secondary N) is 3.